The van der Waals surface area contributed by atoms with E-state index in [0.29, 0.717) is 6.54 Å². The monoisotopic (exact) mass is 118 g/mol. The first-order chi connectivity index (χ1) is 3.83. The van der Waals surface area contributed by atoms with Crippen molar-refractivity contribution in [1.82, 2.24) is 10.6 Å². The molecule has 0 saturated carbocycles. The Morgan fingerprint density at radius 1 is 1.88 bits per heavy atom. The number of urea groups is 1. The average Bonchev–Trinajstić information content (AvgIpc) is 2.14. The highest BCUT2D eigenvalue weighted by Gasteiger charge is 2.18. The number of alkyl halides is 1. The molecule has 46 valence electrons. The lowest BCUT2D eigenvalue weighted by Crippen LogP contribution is -2.27. The number of amides is 2. The maximum Gasteiger partial charge on any atom is 0.315 e. The van der Waals surface area contributed by atoms with Crippen molar-refractivity contribution >= 4 is 6.03 Å². The van der Waals surface area contributed by atoms with Crippen LogP contribution in [0.5, 0.6) is 0 Å². The number of carbonyl (C=O) groups excluding carboxylic acids is 1. The second-order valence-corrected chi connectivity index (χ2v) is 1.71. The third-order valence-corrected chi connectivity index (χ3v) is 1.03. The molecule has 1 heterocycles. The standard InChI is InChI=1S/C4H7FN2O/c5-1-3-2-6-4(8)7-3/h3H,1-2H2,(H2,6,7,8). The summed E-state index contributed by atoms with van der Waals surface area (Å²) in [5, 5.41) is 4.81. The molecule has 1 unspecified atom stereocenters. The van der Waals surface area contributed by atoms with Gasteiger partial charge < -0.3 is 10.6 Å². The molecule has 1 aliphatic heterocycles. The van der Waals surface area contributed by atoms with E-state index in [2.05, 4.69) is 10.6 Å². The van der Waals surface area contributed by atoms with Gasteiger partial charge in [0.15, 0.2) is 0 Å². The Bertz CT molecular complexity index is 106. The van der Waals surface area contributed by atoms with Crippen LogP contribution in [-0.4, -0.2) is 25.3 Å². The first kappa shape index (κ1) is 5.34. The molecule has 4 heteroatoms. The molecule has 0 radical (unpaired) electrons. The molecule has 0 aliphatic carbocycles. The summed E-state index contributed by atoms with van der Waals surface area (Å²) in [6, 6.07) is -0.574. The third-order valence-electron chi connectivity index (χ3n) is 1.03. The lowest BCUT2D eigenvalue weighted by atomic mass is 10.4. The van der Waals surface area contributed by atoms with Gasteiger partial charge in [-0.15, -0.1) is 0 Å². The fraction of sp³-hybridized carbons (Fsp3) is 0.750. The maximum absolute atomic E-state index is 11.6. The highest BCUT2D eigenvalue weighted by atomic mass is 19.1. The van der Waals surface area contributed by atoms with E-state index in [9.17, 15) is 9.18 Å². The summed E-state index contributed by atoms with van der Waals surface area (Å²) in [6.07, 6.45) is 0. The molecule has 1 fully saturated rings. The second kappa shape index (κ2) is 1.98. The van der Waals surface area contributed by atoms with Gasteiger partial charge in [-0.1, -0.05) is 0 Å². The predicted octanol–water partition coefficient (Wildman–Crippen LogP) is -0.363. The van der Waals surface area contributed by atoms with Gasteiger partial charge in [0.2, 0.25) is 0 Å². The van der Waals surface area contributed by atoms with Crippen LogP contribution in [0.1, 0.15) is 0 Å². The topological polar surface area (TPSA) is 41.1 Å². The summed E-state index contributed by atoms with van der Waals surface area (Å²) in [5.41, 5.74) is 0. The molecule has 0 aromatic carbocycles. The lowest BCUT2D eigenvalue weighted by molar-refractivity contribution is 0.246. The largest absolute Gasteiger partial charge is 0.336 e. The summed E-state index contributed by atoms with van der Waals surface area (Å²) in [5.74, 6) is 0. The van der Waals surface area contributed by atoms with Crippen molar-refractivity contribution in [3.63, 3.8) is 0 Å². The SMILES string of the molecule is O=C1NCC(CF)N1. The normalized spacial score (nSPS) is 27.1. The molecule has 1 atom stereocenters. The number of halogens is 1. The van der Waals surface area contributed by atoms with E-state index < -0.39 is 6.67 Å². The zero-order valence-corrected chi connectivity index (χ0v) is 4.28. The van der Waals surface area contributed by atoms with E-state index in [1.165, 1.54) is 0 Å². The minimum absolute atomic E-state index is 0.271. The molecule has 1 saturated heterocycles. The van der Waals surface area contributed by atoms with Crippen molar-refractivity contribution < 1.29 is 9.18 Å². The molecule has 3 nitrogen and oxygen atoms in total. The van der Waals surface area contributed by atoms with E-state index in [-0.39, 0.29) is 12.1 Å². The van der Waals surface area contributed by atoms with Crippen LogP contribution >= 0.6 is 0 Å². The van der Waals surface area contributed by atoms with Crippen LogP contribution in [0.3, 0.4) is 0 Å². The fourth-order valence-electron chi connectivity index (χ4n) is 0.596. The van der Waals surface area contributed by atoms with E-state index >= 15 is 0 Å². The molecule has 1 aliphatic rings. The number of carbonyl (C=O) groups is 1. The van der Waals surface area contributed by atoms with Crippen LogP contribution in [0.15, 0.2) is 0 Å². The van der Waals surface area contributed by atoms with E-state index in [4.69, 9.17) is 0 Å². The van der Waals surface area contributed by atoms with Gasteiger partial charge in [-0.25, -0.2) is 9.18 Å². The zero-order valence-electron chi connectivity index (χ0n) is 4.28. The molecule has 1 rings (SSSR count). The van der Waals surface area contributed by atoms with Crippen molar-refractivity contribution in [2.45, 2.75) is 6.04 Å². The van der Waals surface area contributed by atoms with Crippen molar-refractivity contribution in [3.8, 4) is 0 Å². The molecule has 8 heavy (non-hydrogen) atoms. The van der Waals surface area contributed by atoms with Gasteiger partial charge in [0, 0.05) is 6.54 Å². The van der Waals surface area contributed by atoms with Crippen molar-refractivity contribution in [3.05, 3.63) is 0 Å². The van der Waals surface area contributed by atoms with E-state index in [0.717, 1.165) is 0 Å². The lowest BCUT2D eigenvalue weighted by Gasteiger charge is -1.97. The zero-order chi connectivity index (χ0) is 5.98. The van der Waals surface area contributed by atoms with Crippen LogP contribution in [-0.2, 0) is 0 Å². The van der Waals surface area contributed by atoms with Gasteiger partial charge in [-0.3, -0.25) is 0 Å². The van der Waals surface area contributed by atoms with Crippen molar-refractivity contribution in [2.24, 2.45) is 0 Å². The van der Waals surface area contributed by atoms with Gasteiger partial charge in [-0.05, 0) is 0 Å². The highest BCUT2D eigenvalue weighted by molar-refractivity contribution is 5.76. The van der Waals surface area contributed by atoms with Crippen LogP contribution in [0.4, 0.5) is 9.18 Å². The minimum atomic E-state index is -0.487. The molecule has 0 spiro atoms. The van der Waals surface area contributed by atoms with E-state index in [1.807, 2.05) is 0 Å². The fourth-order valence-corrected chi connectivity index (χ4v) is 0.596. The minimum Gasteiger partial charge on any atom is -0.336 e. The second-order valence-electron chi connectivity index (χ2n) is 1.71. The Labute approximate surface area is 46.3 Å². The van der Waals surface area contributed by atoms with Crippen LogP contribution in [0, 0.1) is 0 Å². The predicted molar refractivity (Wildman–Crippen MR) is 26.3 cm³/mol. The molecule has 0 aromatic heterocycles. The van der Waals surface area contributed by atoms with Crippen molar-refractivity contribution in [1.29, 1.82) is 0 Å². The van der Waals surface area contributed by atoms with Gasteiger partial charge >= 0.3 is 6.03 Å². The Morgan fingerprint density at radius 2 is 2.62 bits per heavy atom. The smallest absolute Gasteiger partial charge is 0.315 e. The summed E-state index contributed by atoms with van der Waals surface area (Å²) in [4.78, 5) is 10.2. The van der Waals surface area contributed by atoms with Crippen molar-refractivity contribution in [2.75, 3.05) is 13.2 Å². The third kappa shape index (κ3) is 0.882. The summed E-state index contributed by atoms with van der Waals surface area (Å²) in [6.45, 7) is -0.0753. The Balaban J connectivity index is 2.32. The molecular formula is C4H7FN2O. The van der Waals surface area contributed by atoms with E-state index in [1.54, 1.807) is 0 Å². The maximum atomic E-state index is 11.6. The summed E-state index contributed by atoms with van der Waals surface area (Å²) in [7, 11) is 0. The summed E-state index contributed by atoms with van der Waals surface area (Å²) < 4.78 is 11.6. The number of hydrogen-bond donors (Lipinski definition) is 2. The van der Waals surface area contributed by atoms with Gasteiger partial charge in [-0.2, -0.15) is 0 Å². The molecule has 0 aromatic rings. The Morgan fingerprint density at radius 3 is 2.88 bits per heavy atom. The van der Waals surface area contributed by atoms with Crippen LogP contribution in [0.2, 0.25) is 0 Å². The molecule has 0 bridgehead atoms. The van der Waals surface area contributed by atoms with Gasteiger partial charge in [0.1, 0.15) is 6.67 Å². The molecular weight excluding hydrogens is 111 g/mol. The molecule has 2 N–H and O–H groups in total. The van der Waals surface area contributed by atoms with Gasteiger partial charge in [0.25, 0.3) is 0 Å². The number of rotatable bonds is 1. The average molecular weight is 118 g/mol. The number of nitrogens with one attached hydrogen (secondary N) is 2. The molecule has 2 amide bonds. The van der Waals surface area contributed by atoms with Crippen LogP contribution < -0.4 is 10.6 Å². The quantitative estimate of drug-likeness (QED) is 0.485. The van der Waals surface area contributed by atoms with Crippen LogP contribution in [0.25, 0.3) is 0 Å². The highest BCUT2D eigenvalue weighted by Crippen LogP contribution is 1.89. The first-order valence-electron chi connectivity index (χ1n) is 2.43. The summed E-state index contributed by atoms with van der Waals surface area (Å²) >= 11 is 0. The Kier molecular flexibility index (Phi) is 1.32. The number of hydrogen-bond acceptors (Lipinski definition) is 1. The van der Waals surface area contributed by atoms with Gasteiger partial charge in [0.05, 0.1) is 6.04 Å². The Hall–Kier alpha value is -0.800. The first-order valence-corrected chi connectivity index (χ1v) is 2.43.